The van der Waals surface area contributed by atoms with Gasteiger partial charge in [-0.25, -0.2) is 14.8 Å². The molecule has 2 aromatic heterocycles. The number of benzene rings is 2. The first-order chi connectivity index (χ1) is 17.8. The molecule has 0 aliphatic rings. The van der Waals surface area contributed by atoms with Gasteiger partial charge in [-0.2, -0.15) is 0 Å². The summed E-state index contributed by atoms with van der Waals surface area (Å²) < 4.78 is 18.0. The minimum Gasteiger partial charge on any atom is -0.497 e. The highest BCUT2D eigenvalue weighted by molar-refractivity contribution is 8.00. The van der Waals surface area contributed by atoms with Gasteiger partial charge in [0, 0.05) is 25.7 Å². The Bertz CT molecular complexity index is 1600. The van der Waals surface area contributed by atoms with Crippen LogP contribution in [-0.2, 0) is 18.9 Å². The molecule has 0 aliphatic heterocycles. The number of nitrogens with zero attached hydrogens (tertiary/aromatic N) is 4. The maximum Gasteiger partial charge on any atom is 0.332 e. The lowest BCUT2D eigenvalue weighted by Crippen LogP contribution is -2.37. The molecule has 2 heterocycles. The summed E-state index contributed by atoms with van der Waals surface area (Å²) >= 11 is 1.07. The molecule has 192 valence electrons. The van der Waals surface area contributed by atoms with E-state index < -0.39 is 11.2 Å². The number of methoxy groups -OCH3 is 3. The van der Waals surface area contributed by atoms with E-state index in [0.29, 0.717) is 34.3 Å². The summed E-state index contributed by atoms with van der Waals surface area (Å²) in [4.78, 5) is 47.6. The van der Waals surface area contributed by atoms with Gasteiger partial charge >= 0.3 is 5.69 Å². The third-order valence-corrected chi connectivity index (χ3v) is 6.61. The molecule has 1 amide bonds. The van der Waals surface area contributed by atoms with Crippen molar-refractivity contribution in [2.45, 2.75) is 5.03 Å². The van der Waals surface area contributed by atoms with E-state index in [1.165, 1.54) is 32.9 Å². The molecule has 0 unspecified atom stereocenters. The highest BCUT2D eigenvalue weighted by Crippen LogP contribution is 2.30. The molecular formula is C25H25N5O6S. The van der Waals surface area contributed by atoms with Crippen LogP contribution in [-0.4, -0.2) is 52.1 Å². The fraction of sp³-hybridized carbons (Fsp3) is 0.240. The normalized spacial score (nSPS) is 10.8. The summed E-state index contributed by atoms with van der Waals surface area (Å²) in [5.41, 5.74) is 0.208. The van der Waals surface area contributed by atoms with Gasteiger partial charge in [-0.15, -0.1) is 0 Å². The van der Waals surface area contributed by atoms with Crippen molar-refractivity contribution in [3.05, 3.63) is 63.3 Å². The first-order valence-corrected chi connectivity index (χ1v) is 12.0. The number of rotatable bonds is 8. The molecule has 4 rings (SSSR count). The summed E-state index contributed by atoms with van der Waals surface area (Å²) in [5.74, 6) is 1.56. The van der Waals surface area contributed by atoms with E-state index in [2.05, 4.69) is 15.3 Å². The van der Waals surface area contributed by atoms with Crippen LogP contribution in [0.15, 0.2) is 57.1 Å². The fourth-order valence-corrected chi connectivity index (χ4v) is 4.45. The number of amides is 1. The van der Waals surface area contributed by atoms with Crippen molar-refractivity contribution in [2.24, 2.45) is 14.1 Å². The monoisotopic (exact) mass is 523 g/mol. The molecule has 0 bridgehead atoms. The van der Waals surface area contributed by atoms with Crippen molar-refractivity contribution in [1.29, 1.82) is 0 Å². The molecule has 0 aliphatic carbocycles. The summed E-state index contributed by atoms with van der Waals surface area (Å²) in [6, 6.07) is 12.1. The third kappa shape index (κ3) is 5.14. The number of ether oxygens (including phenoxy) is 3. The van der Waals surface area contributed by atoms with Crippen molar-refractivity contribution in [2.75, 3.05) is 32.4 Å². The van der Waals surface area contributed by atoms with Crippen molar-refractivity contribution in [3.63, 3.8) is 0 Å². The fourth-order valence-electron chi connectivity index (χ4n) is 3.63. The van der Waals surface area contributed by atoms with E-state index in [0.717, 1.165) is 16.3 Å². The number of fused-ring (bicyclic) bond motifs is 1. The molecule has 0 atom stereocenters. The van der Waals surface area contributed by atoms with Gasteiger partial charge in [-0.3, -0.25) is 18.7 Å². The van der Waals surface area contributed by atoms with Crippen molar-refractivity contribution in [3.8, 4) is 28.6 Å². The zero-order valence-electron chi connectivity index (χ0n) is 20.9. The lowest BCUT2D eigenvalue weighted by molar-refractivity contribution is -0.113. The van der Waals surface area contributed by atoms with Gasteiger partial charge in [0.2, 0.25) is 5.91 Å². The molecule has 0 spiro atoms. The lowest BCUT2D eigenvalue weighted by Gasteiger charge is -2.13. The Labute approximate surface area is 216 Å². The topological polar surface area (TPSA) is 127 Å². The maximum absolute atomic E-state index is 13.1. The average molecular weight is 524 g/mol. The molecule has 0 saturated carbocycles. The number of hydrogen-bond donors (Lipinski definition) is 1. The van der Waals surface area contributed by atoms with Crippen molar-refractivity contribution >= 4 is 34.4 Å². The summed E-state index contributed by atoms with van der Waals surface area (Å²) in [6.07, 6.45) is 0. The Morgan fingerprint density at radius 1 is 0.919 bits per heavy atom. The van der Waals surface area contributed by atoms with Crippen LogP contribution in [0.3, 0.4) is 0 Å². The van der Waals surface area contributed by atoms with Crippen LogP contribution in [0.1, 0.15) is 0 Å². The van der Waals surface area contributed by atoms with E-state index in [4.69, 9.17) is 14.2 Å². The molecule has 4 aromatic rings. The van der Waals surface area contributed by atoms with E-state index >= 15 is 0 Å². The predicted octanol–water partition coefficient (Wildman–Crippen LogP) is 2.45. The molecule has 12 heteroatoms. The number of hydrogen-bond acceptors (Lipinski definition) is 9. The van der Waals surface area contributed by atoms with Gasteiger partial charge in [0.15, 0.2) is 11.5 Å². The number of carbonyl (C=O) groups is 1. The highest BCUT2D eigenvalue weighted by Gasteiger charge is 2.19. The molecule has 2 aromatic carbocycles. The van der Waals surface area contributed by atoms with E-state index in [1.54, 1.807) is 49.6 Å². The molecular weight excluding hydrogens is 498 g/mol. The molecule has 11 nitrogen and oxygen atoms in total. The van der Waals surface area contributed by atoms with Gasteiger partial charge in [-0.1, -0.05) is 11.8 Å². The van der Waals surface area contributed by atoms with Crippen LogP contribution in [0.5, 0.6) is 17.2 Å². The molecule has 37 heavy (non-hydrogen) atoms. The Kier molecular flexibility index (Phi) is 7.48. The Morgan fingerprint density at radius 2 is 1.59 bits per heavy atom. The zero-order valence-corrected chi connectivity index (χ0v) is 21.7. The second-order valence-electron chi connectivity index (χ2n) is 7.89. The van der Waals surface area contributed by atoms with E-state index in [1.807, 2.05) is 0 Å². The Hall–Kier alpha value is -4.32. The third-order valence-electron chi connectivity index (χ3n) is 5.64. The van der Waals surface area contributed by atoms with Gasteiger partial charge in [0.25, 0.3) is 5.56 Å². The minimum absolute atomic E-state index is 0.0689. The number of aromatic nitrogens is 4. The van der Waals surface area contributed by atoms with Gasteiger partial charge in [0.1, 0.15) is 27.7 Å². The largest absolute Gasteiger partial charge is 0.497 e. The first kappa shape index (κ1) is 25.8. The summed E-state index contributed by atoms with van der Waals surface area (Å²) in [6.45, 7) is 0. The molecule has 0 fully saturated rings. The van der Waals surface area contributed by atoms with E-state index in [-0.39, 0.29) is 27.7 Å². The van der Waals surface area contributed by atoms with Crippen LogP contribution in [0, 0.1) is 0 Å². The van der Waals surface area contributed by atoms with Crippen LogP contribution in [0.25, 0.3) is 22.4 Å². The van der Waals surface area contributed by atoms with Crippen LogP contribution in [0.2, 0.25) is 0 Å². The lowest BCUT2D eigenvalue weighted by atomic mass is 10.2. The van der Waals surface area contributed by atoms with Crippen molar-refractivity contribution < 1.29 is 19.0 Å². The summed E-state index contributed by atoms with van der Waals surface area (Å²) in [7, 11) is 7.51. The number of aryl methyl sites for hydroxylation is 1. The number of carbonyl (C=O) groups excluding carboxylic acids is 1. The standard InChI is InChI=1S/C25H25N5O6S/c1-29-22-20(24(32)30(2)25(29)33)23(28-21(27-22)14-6-8-15(34-3)9-7-14)37-13-19(31)26-17-12-16(35-4)10-11-18(17)36-5/h6-12H,13H2,1-5H3,(H,26,31). The zero-order chi connectivity index (χ0) is 26.7. The SMILES string of the molecule is COc1ccc(-c2nc(SCC(=O)Nc3cc(OC)ccc3OC)c3c(=O)n(C)c(=O)n(C)c3n2)cc1. The van der Waals surface area contributed by atoms with Crippen LogP contribution >= 0.6 is 11.8 Å². The first-order valence-electron chi connectivity index (χ1n) is 11.0. The van der Waals surface area contributed by atoms with Gasteiger partial charge in [-0.05, 0) is 36.4 Å². The molecule has 0 saturated heterocycles. The van der Waals surface area contributed by atoms with E-state index in [9.17, 15) is 14.4 Å². The van der Waals surface area contributed by atoms with Gasteiger partial charge in [0.05, 0.1) is 32.8 Å². The van der Waals surface area contributed by atoms with Crippen LogP contribution in [0.4, 0.5) is 5.69 Å². The highest BCUT2D eigenvalue weighted by atomic mass is 32.2. The number of thioether (sulfide) groups is 1. The number of anilines is 1. The Morgan fingerprint density at radius 3 is 2.24 bits per heavy atom. The van der Waals surface area contributed by atoms with Crippen molar-refractivity contribution in [1.82, 2.24) is 19.1 Å². The Balaban J connectivity index is 1.73. The van der Waals surface area contributed by atoms with Gasteiger partial charge < -0.3 is 19.5 Å². The quantitative estimate of drug-likeness (QED) is 0.274. The number of nitrogens with one attached hydrogen (secondary N) is 1. The molecule has 1 N–H and O–H groups in total. The molecule has 0 radical (unpaired) electrons. The maximum atomic E-state index is 13.1. The summed E-state index contributed by atoms with van der Waals surface area (Å²) in [5, 5.41) is 3.23. The predicted molar refractivity (Wildman–Crippen MR) is 141 cm³/mol. The average Bonchev–Trinajstić information content (AvgIpc) is 2.93. The smallest absolute Gasteiger partial charge is 0.332 e. The second-order valence-corrected chi connectivity index (χ2v) is 8.85. The minimum atomic E-state index is -0.545. The second kappa shape index (κ2) is 10.7. The van der Waals surface area contributed by atoms with Crippen LogP contribution < -0.4 is 30.8 Å².